The zero-order valence-corrected chi connectivity index (χ0v) is 21.8. The van der Waals surface area contributed by atoms with Crippen LogP contribution in [-0.4, -0.2) is 54.3 Å². The molecule has 0 spiro atoms. The average molecular weight is 509 g/mol. The smallest absolute Gasteiger partial charge is 0.231 e. The number of ether oxygens (including phenoxy) is 1. The van der Waals surface area contributed by atoms with Crippen molar-refractivity contribution in [2.75, 3.05) is 55.3 Å². The summed E-state index contributed by atoms with van der Waals surface area (Å²) in [6.45, 7) is 9.40. The number of hydrogen-bond donors (Lipinski definition) is 3. The second-order valence-corrected chi connectivity index (χ2v) is 9.13. The van der Waals surface area contributed by atoms with Gasteiger partial charge in [-0.25, -0.2) is 0 Å². The summed E-state index contributed by atoms with van der Waals surface area (Å²) >= 11 is 0. The number of nitrogens with zero attached hydrogens (tertiary/aromatic N) is 5. The Kier molecular flexibility index (Phi) is 9.25. The van der Waals surface area contributed by atoms with Crippen molar-refractivity contribution in [2.45, 2.75) is 20.3 Å². The number of allylic oxidation sites excluding steroid dienone is 1. The number of nitrogens with one attached hydrogen (secondary N) is 3. The average Bonchev–Trinajstić information content (AvgIpc) is 2.93. The molecule has 1 aromatic heterocycles. The third-order valence-electron chi connectivity index (χ3n) is 6.22. The predicted molar refractivity (Wildman–Crippen MR) is 151 cm³/mol. The van der Waals surface area contributed by atoms with Crippen molar-refractivity contribution in [1.82, 2.24) is 14.9 Å². The third-order valence-corrected chi connectivity index (χ3v) is 6.22. The Morgan fingerprint density at radius 3 is 2.37 bits per heavy atom. The first-order valence-electron chi connectivity index (χ1n) is 12.7. The summed E-state index contributed by atoms with van der Waals surface area (Å²) < 4.78 is 5.43. The van der Waals surface area contributed by atoms with Crippen molar-refractivity contribution >= 4 is 35.0 Å². The highest BCUT2D eigenvalue weighted by Crippen LogP contribution is 2.28. The molecule has 0 amide bonds. The SMILES string of the molecule is Cc1cc(/C=C/C#N)cc(C)c1Nc1cc(NCCCN2CCOCC2)nc(Nc2ccc(C#N)cc2)n1. The molecule has 0 radical (unpaired) electrons. The lowest BCUT2D eigenvalue weighted by atomic mass is 10.0. The molecule has 0 saturated carbocycles. The second-order valence-electron chi connectivity index (χ2n) is 9.13. The number of morpholine rings is 1. The van der Waals surface area contributed by atoms with Crippen LogP contribution in [-0.2, 0) is 4.74 Å². The molecular weight excluding hydrogens is 476 g/mol. The number of aryl methyl sites for hydroxylation is 2. The summed E-state index contributed by atoms with van der Waals surface area (Å²) in [6.07, 6.45) is 4.26. The summed E-state index contributed by atoms with van der Waals surface area (Å²) in [5.41, 5.74) is 5.40. The van der Waals surface area contributed by atoms with E-state index in [2.05, 4.69) is 31.9 Å². The van der Waals surface area contributed by atoms with Crippen LogP contribution < -0.4 is 16.0 Å². The fourth-order valence-electron chi connectivity index (χ4n) is 4.31. The summed E-state index contributed by atoms with van der Waals surface area (Å²) in [4.78, 5) is 11.8. The van der Waals surface area contributed by atoms with Crippen molar-refractivity contribution in [3.8, 4) is 12.1 Å². The largest absolute Gasteiger partial charge is 0.379 e. The first-order chi connectivity index (χ1) is 18.5. The van der Waals surface area contributed by atoms with Crippen LogP contribution in [0.5, 0.6) is 0 Å². The summed E-state index contributed by atoms with van der Waals surface area (Å²) in [7, 11) is 0. The van der Waals surface area contributed by atoms with Crippen LogP contribution in [0.2, 0.25) is 0 Å². The maximum atomic E-state index is 9.08. The summed E-state index contributed by atoms with van der Waals surface area (Å²) in [6, 6.07) is 17.3. The molecule has 194 valence electrons. The molecule has 9 heteroatoms. The topological polar surface area (TPSA) is 122 Å². The fraction of sp³-hybridized carbons (Fsp3) is 0.310. The Hall–Kier alpha value is -4.44. The Morgan fingerprint density at radius 2 is 1.68 bits per heavy atom. The van der Waals surface area contributed by atoms with E-state index in [9.17, 15) is 0 Å². The van der Waals surface area contributed by atoms with Gasteiger partial charge >= 0.3 is 0 Å². The van der Waals surface area contributed by atoms with E-state index in [1.807, 2.05) is 50.2 Å². The number of benzene rings is 2. The lowest BCUT2D eigenvalue weighted by Crippen LogP contribution is -2.37. The molecule has 38 heavy (non-hydrogen) atoms. The van der Waals surface area contributed by atoms with Gasteiger partial charge in [-0.15, -0.1) is 0 Å². The van der Waals surface area contributed by atoms with Gasteiger partial charge < -0.3 is 20.7 Å². The molecule has 2 aromatic carbocycles. The van der Waals surface area contributed by atoms with Gasteiger partial charge in [-0.1, -0.05) is 0 Å². The van der Waals surface area contributed by atoms with E-state index < -0.39 is 0 Å². The monoisotopic (exact) mass is 508 g/mol. The normalized spacial score (nSPS) is 13.6. The molecule has 1 saturated heterocycles. The maximum Gasteiger partial charge on any atom is 0.231 e. The first kappa shape index (κ1) is 26.6. The van der Waals surface area contributed by atoms with E-state index in [1.165, 1.54) is 6.08 Å². The van der Waals surface area contributed by atoms with Crippen LogP contribution in [0, 0.1) is 36.5 Å². The van der Waals surface area contributed by atoms with Crippen molar-refractivity contribution < 1.29 is 4.74 Å². The van der Waals surface area contributed by atoms with E-state index in [4.69, 9.17) is 20.2 Å². The molecule has 0 unspecified atom stereocenters. The molecule has 0 aliphatic carbocycles. The van der Waals surface area contributed by atoms with Crippen molar-refractivity contribution in [2.24, 2.45) is 0 Å². The lowest BCUT2D eigenvalue weighted by Gasteiger charge is -2.26. The molecule has 9 nitrogen and oxygen atoms in total. The fourth-order valence-corrected chi connectivity index (χ4v) is 4.31. The number of rotatable bonds is 10. The third kappa shape index (κ3) is 7.53. The van der Waals surface area contributed by atoms with E-state index in [0.29, 0.717) is 23.1 Å². The number of anilines is 5. The summed E-state index contributed by atoms with van der Waals surface area (Å²) in [5, 5.41) is 28.1. The van der Waals surface area contributed by atoms with Gasteiger partial charge in [0.25, 0.3) is 0 Å². The Balaban J connectivity index is 1.53. The van der Waals surface area contributed by atoms with Crippen molar-refractivity contribution in [1.29, 1.82) is 10.5 Å². The number of hydrogen-bond acceptors (Lipinski definition) is 9. The molecule has 1 aliphatic rings. The predicted octanol–water partition coefficient (Wildman–Crippen LogP) is 5.12. The van der Waals surface area contributed by atoms with Gasteiger partial charge in [0.05, 0.1) is 30.9 Å². The van der Waals surface area contributed by atoms with E-state index in [0.717, 1.165) is 73.9 Å². The van der Waals surface area contributed by atoms with Crippen LogP contribution in [0.1, 0.15) is 28.7 Å². The highest BCUT2D eigenvalue weighted by molar-refractivity contribution is 5.70. The minimum atomic E-state index is 0.444. The van der Waals surface area contributed by atoms with Crippen LogP contribution in [0.15, 0.2) is 48.5 Å². The van der Waals surface area contributed by atoms with E-state index in [-0.39, 0.29) is 0 Å². The van der Waals surface area contributed by atoms with Gasteiger partial charge in [-0.3, -0.25) is 4.90 Å². The quantitative estimate of drug-likeness (QED) is 0.253. The van der Waals surface area contributed by atoms with Gasteiger partial charge in [-0.2, -0.15) is 20.5 Å². The second kappa shape index (κ2) is 13.2. The molecule has 2 heterocycles. The van der Waals surface area contributed by atoms with Gasteiger partial charge in [0, 0.05) is 43.2 Å². The van der Waals surface area contributed by atoms with Crippen molar-refractivity contribution in [3.63, 3.8) is 0 Å². The molecular formula is C29H32N8O. The Labute approximate surface area is 223 Å². The van der Waals surface area contributed by atoms with Crippen LogP contribution in [0.3, 0.4) is 0 Å². The summed E-state index contributed by atoms with van der Waals surface area (Å²) in [5.74, 6) is 1.81. The number of aromatic nitrogens is 2. The van der Waals surface area contributed by atoms with Crippen LogP contribution in [0.25, 0.3) is 6.08 Å². The molecule has 0 bridgehead atoms. The molecule has 1 fully saturated rings. The van der Waals surface area contributed by atoms with E-state index in [1.54, 1.807) is 18.2 Å². The van der Waals surface area contributed by atoms with Crippen LogP contribution in [0.4, 0.5) is 29.0 Å². The van der Waals surface area contributed by atoms with Crippen LogP contribution >= 0.6 is 0 Å². The lowest BCUT2D eigenvalue weighted by molar-refractivity contribution is 0.0378. The van der Waals surface area contributed by atoms with E-state index >= 15 is 0 Å². The molecule has 4 rings (SSSR count). The first-order valence-corrected chi connectivity index (χ1v) is 12.7. The molecule has 1 aliphatic heterocycles. The zero-order chi connectivity index (χ0) is 26.7. The maximum absolute atomic E-state index is 9.08. The number of nitriles is 2. The zero-order valence-electron chi connectivity index (χ0n) is 21.8. The highest BCUT2D eigenvalue weighted by atomic mass is 16.5. The highest BCUT2D eigenvalue weighted by Gasteiger charge is 2.12. The standard InChI is InChI=1S/C29H32N8O/c1-21-17-24(5-3-10-30)18-22(2)28(21)34-27-19-26(32-11-4-12-37-13-15-38-16-14-37)35-29(36-27)33-25-8-6-23(20-31)7-9-25/h3,5-9,17-19H,4,11-16H2,1-2H3,(H3,32,33,34,35,36)/b5-3+. The Bertz CT molecular complexity index is 1330. The van der Waals surface area contributed by atoms with Gasteiger partial charge in [0.2, 0.25) is 5.95 Å². The molecule has 3 N–H and O–H groups in total. The molecule has 3 aromatic rings. The van der Waals surface area contributed by atoms with Gasteiger partial charge in [0.1, 0.15) is 11.6 Å². The van der Waals surface area contributed by atoms with Gasteiger partial charge in [-0.05, 0) is 86.0 Å². The van der Waals surface area contributed by atoms with Crippen molar-refractivity contribution in [3.05, 3.63) is 70.8 Å². The minimum absolute atomic E-state index is 0.444. The van der Waals surface area contributed by atoms with Gasteiger partial charge in [0.15, 0.2) is 0 Å². The Morgan fingerprint density at radius 1 is 0.974 bits per heavy atom. The molecule has 0 atom stereocenters. The minimum Gasteiger partial charge on any atom is -0.379 e.